The number of nitrogen functional groups attached to an aromatic ring is 2. The van der Waals surface area contributed by atoms with Crippen LogP contribution in [-0.2, 0) is 38.2 Å². The molecule has 10 atom stereocenters. The van der Waals surface area contributed by atoms with Gasteiger partial charge in [0, 0.05) is 0 Å². The number of fused-ring (bicyclic) bond motifs is 5. The van der Waals surface area contributed by atoms with Gasteiger partial charge >= 0.3 is 19.3 Å². The van der Waals surface area contributed by atoms with Crippen molar-refractivity contribution in [2.24, 2.45) is 0 Å². The lowest BCUT2D eigenvalue weighted by atomic mass is 10.1. The van der Waals surface area contributed by atoms with Crippen molar-refractivity contribution in [2.45, 2.75) is 49.1 Å². The zero-order valence-electron chi connectivity index (χ0n) is 22.1. The van der Waals surface area contributed by atoms with Gasteiger partial charge in [0.15, 0.2) is 53.8 Å². The number of aromatic nitrogens is 8. The molecule has 3 aliphatic heterocycles. The molecule has 0 amide bonds. The molecule has 6 N–H and O–H groups in total. The Morgan fingerprint density at radius 2 is 1.53 bits per heavy atom. The van der Waals surface area contributed by atoms with Crippen LogP contribution in [0.5, 0.6) is 0 Å². The van der Waals surface area contributed by atoms with Crippen molar-refractivity contribution in [3.8, 4) is 0 Å². The lowest BCUT2D eigenvalue weighted by Crippen LogP contribution is -2.37. The molecule has 2 bridgehead atoms. The van der Waals surface area contributed by atoms with E-state index in [0.717, 1.165) is 0 Å². The molecule has 3 aliphatic rings. The molecule has 3 fully saturated rings. The minimum absolute atomic E-state index is 0.0918. The van der Waals surface area contributed by atoms with E-state index in [1.807, 2.05) is 0 Å². The van der Waals surface area contributed by atoms with Crippen LogP contribution in [0.25, 0.3) is 22.3 Å². The summed E-state index contributed by atoms with van der Waals surface area (Å²) in [5, 5.41) is 11.2. The highest BCUT2D eigenvalue weighted by Gasteiger charge is 2.56. The van der Waals surface area contributed by atoms with E-state index in [4.69, 9.17) is 38.4 Å². The third kappa shape index (κ3) is 5.00. The highest BCUT2D eigenvalue weighted by molar-refractivity contribution is 7.75. The fraction of sp³-hybridized carbons (Fsp3) is 0.524. The highest BCUT2D eigenvalue weighted by atomic mass is 32.2. The Bertz CT molecular complexity index is 1700. The molecule has 0 aromatic carbocycles. The molecule has 3 saturated heterocycles. The minimum Gasteiger partial charge on any atom is -0.385 e. The SMILES string of the molecule is C[P+]1(O)OC[C@H]2O[C@@H](n3cnc4c(N)ncnc43)[C@H](OS(=O)OC[C@H]3O[C@@H](n4cnc5c(N)ncnc54)[C@H](O)[C@@H]3O1)[C@H]2F. The molecule has 4 aromatic heterocycles. The Hall–Kier alpha value is -3.11. The molecule has 43 heavy (non-hydrogen) atoms. The van der Waals surface area contributed by atoms with Crippen LogP contribution in [0.4, 0.5) is 16.0 Å². The third-order valence-electron chi connectivity index (χ3n) is 7.21. The van der Waals surface area contributed by atoms with Gasteiger partial charge in [-0.05, 0) is 0 Å². The Balaban J connectivity index is 1.17. The van der Waals surface area contributed by atoms with E-state index in [1.54, 1.807) is 0 Å². The summed E-state index contributed by atoms with van der Waals surface area (Å²) in [5.41, 5.74) is 12.8. The summed E-state index contributed by atoms with van der Waals surface area (Å²) in [6, 6.07) is 0. The number of aliphatic hydroxyl groups excluding tert-OH is 1. The molecule has 22 heteroatoms. The predicted molar refractivity (Wildman–Crippen MR) is 143 cm³/mol. The summed E-state index contributed by atoms with van der Waals surface area (Å²) in [7, 11) is -3.75. The molecule has 4 aromatic rings. The Morgan fingerprint density at radius 3 is 2.19 bits per heavy atom. The van der Waals surface area contributed by atoms with E-state index in [9.17, 15) is 14.2 Å². The average Bonchev–Trinajstić information content (AvgIpc) is 3.73. The average molecular weight is 644 g/mol. The van der Waals surface area contributed by atoms with Gasteiger partial charge in [-0.15, -0.1) is 0 Å². The number of ether oxygens (including phenoxy) is 2. The second-order valence-electron chi connectivity index (χ2n) is 9.95. The maximum Gasteiger partial charge on any atom is 0.406 e. The van der Waals surface area contributed by atoms with Crippen molar-refractivity contribution in [1.82, 2.24) is 39.0 Å². The van der Waals surface area contributed by atoms with E-state index in [1.165, 1.54) is 41.1 Å². The largest absolute Gasteiger partial charge is 0.406 e. The monoisotopic (exact) mass is 643 g/mol. The van der Waals surface area contributed by atoms with Crippen LogP contribution in [0.1, 0.15) is 12.5 Å². The smallest absolute Gasteiger partial charge is 0.385 e. The van der Waals surface area contributed by atoms with Crippen LogP contribution < -0.4 is 11.5 Å². The first kappa shape index (κ1) is 28.6. The molecule has 0 radical (unpaired) electrons. The van der Waals surface area contributed by atoms with Gasteiger partial charge in [-0.2, -0.15) is 18.1 Å². The van der Waals surface area contributed by atoms with Gasteiger partial charge in [0.1, 0.15) is 55.3 Å². The van der Waals surface area contributed by atoms with Crippen LogP contribution in [0.2, 0.25) is 0 Å². The zero-order chi connectivity index (χ0) is 30.0. The minimum atomic E-state index is -3.75. The number of halogens is 1. The lowest BCUT2D eigenvalue weighted by molar-refractivity contribution is -0.0572. The summed E-state index contributed by atoms with van der Waals surface area (Å²) in [6.07, 6.45) is -5.76. The molecule has 0 aliphatic carbocycles. The summed E-state index contributed by atoms with van der Waals surface area (Å²) >= 11 is -2.54. The van der Waals surface area contributed by atoms with Crippen molar-refractivity contribution < 1.29 is 45.5 Å². The van der Waals surface area contributed by atoms with Gasteiger partial charge in [0.2, 0.25) is 0 Å². The fourth-order valence-electron chi connectivity index (χ4n) is 5.19. The summed E-state index contributed by atoms with van der Waals surface area (Å²) in [5.74, 6) is 0.211. The van der Waals surface area contributed by atoms with E-state index in [-0.39, 0.29) is 34.0 Å². The zero-order valence-corrected chi connectivity index (χ0v) is 23.8. The van der Waals surface area contributed by atoms with E-state index in [0.29, 0.717) is 0 Å². The number of imidazole rings is 2. The van der Waals surface area contributed by atoms with Crippen molar-refractivity contribution >= 4 is 53.3 Å². The molecule has 230 valence electrons. The van der Waals surface area contributed by atoms with Gasteiger partial charge in [-0.3, -0.25) is 17.5 Å². The first-order chi connectivity index (χ1) is 20.6. The van der Waals surface area contributed by atoms with Crippen LogP contribution in [0, 0.1) is 0 Å². The number of hydrogen-bond donors (Lipinski definition) is 4. The number of hydrogen-bond acceptors (Lipinski definition) is 17. The Morgan fingerprint density at radius 1 is 0.930 bits per heavy atom. The maximum atomic E-state index is 15.7. The van der Waals surface area contributed by atoms with E-state index in [2.05, 4.69) is 29.9 Å². The number of rotatable bonds is 2. The van der Waals surface area contributed by atoms with E-state index < -0.39 is 81.7 Å². The van der Waals surface area contributed by atoms with Gasteiger partial charge in [0.05, 0.1) is 19.3 Å². The molecule has 0 spiro atoms. The first-order valence-electron chi connectivity index (χ1n) is 12.7. The number of anilines is 2. The standard InChI is InChI=1S/C21H25FN10O9PS/c1-42(34)36-2-8-10(22)15(21(38-8)32-7-30-12-17(24)26-5-28-19(12)32)41-43(35)37-3-9-14(40-42)13(33)20(39-9)31-6-29-11-16(23)25-4-27-18(11)31/h4-10,13-15,20-21,33-34H,2-3H2,1H3,(H2,23,25,27)(H2,24,26,28)/q+1/t8-,9-,10+,13-,14-,15-,20-,21-,42?,43?/m1/s1. The van der Waals surface area contributed by atoms with Crippen molar-refractivity contribution in [1.29, 1.82) is 0 Å². The third-order valence-corrected chi connectivity index (χ3v) is 9.18. The molecule has 2 unspecified atom stereocenters. The number of nitrogens with two attached hydrogens (primary N) is 2. The Kier molecular flexibility index (Phi) is 7.20. The van der Waals surface area contributed by atoms with Crippen LogP contribution in [0.15, 0.2) is 25.3 Å². The van der Waals surface area contributed by atoms with Crippen LogP contribution >= 0.6 is 7.94 Å². The number of alkyl halides is 1. The number of nitrogens with zero attached hydrogens (tertiary/aromatic N) is 8. The number of aliphatic hydroxyl groups is 1. The first-order valence-corrected chi connectivity index (χ1v) is 15.8. The second kappa shape index (κ2) is 10.8. The van der Waals surface area contributed by atoms with Crippen molar-refractivity contribution in [3.63, 3.8) is 0 Å². The van der Waals surface area contributed by atoms with Crippen LogP contribution in [-0.4, -0.2) is 110 Å². The molecule has 0 saturated carbocycles. The van der Waals surface area contributed by atoms with Crippen LogP contribution in [0.3, 0.4) is 0 Å². The normalized spacial score (nSPS) is 37.2. The highest BCUT2D eigenvalue weighted by Crippen LogP contribution is 2.57. The van der Waals surface area contributed by atoms with E-state index >= 15 is 4.39 Å². The van der Waals surface area contributed by atoms with Gasteiger partial charge in [-0.25, -0.2) is 34.3 Å². The molecule has 7 rings (SSSR count). The summed E-state index contributed by atoms with van der Waals surface area (Å²) < 4.78 is 65.7. The maximum absolute atomic E-state index is 15.7. The predicted octanol–water partition coefficient (Wildman–Crippen LogP) is -0.895. The van der Waals surface area contributed by atoms with Gasteiger partial charge < -0.3 is 26.0 Å². The summed E-state index contributed by atoms with van der Waals surface area (Å²) in [6.45, 7) is 0.306. The lowest BCUT2D eigenvalue weighted by Gasteiger charge is -2.23. The van der Waals surface area contributed by atoms with Gasteiger partial charge in [0.25, 0.3) is 0 Å². The second-order valence-corrected chi connectivity index (χ2v) is 12.9. The molecular weight excluding hydrogens is 618 g/mol. The molecular formula is C21H25FN10O9PS+. The molecule has 7 heterocycles. The summed E-state index contributed by atoms with van der Waals surface area (Å²) in [4.78, 5) is 35.5. The molecule has 19 nitrogen and oxygen atoms in total. The van der Waals surface area contributed by atoms with Crippen molar-refractivity contribution in [3.05, 3.63) is 25.3 Å². The van der Waals surface area contributed by atoms with Gasteiger partial charge in [-0.1, -0.05) is 0 Å². The topological polar surface area (TPSA) is 252 Å². The fourth-order valence-corrected chi connectivity index (χ4v) is 7.07. The van der Waals surface area contributed by atoms with Crippen molar-refractivity contribution in [2.75, 3.05) is 31.3 Å². The Labute approximate surface area is 243 Å². The quantitative estimate of drug-likeness (QED) is 0.193.